The first-order valence-electron chi connectivity index (χ1n) is 8.58. The predicted molar refractivity (Wildman–Crippen MR) is 93.3 cm³/mol. The number of hydrogen-bond acceptors (Lipinski definition) is 5. The monoisotopic (exact) mass is 353 g/mol. The van der Waals surface area contributed by atoms with Crippen LogP contribution in [0.25, 0.3) is 11.7 Å². The Morgan fingerprint density at radius 2 is 2.08 bits per heavy atom. The molecular weight excluding hydrogens is 334 g/mol. The van der Waals surface area contributed by atoms with E-state index in [1.165, 1.54) is 11.8 Å². The van der Waals surface area contributed by atoms with Crippen LogP contribution in [0, 0.1) is 12.8 Å². The fourth-order valence-corrected chi connectivity index (χ4v) is 2.94. The van der Waals surface area contributed by atoms with Gasteiger partial charge in [-0.05, 0) is 43.4 Å². The molecule has 7 nitrogen and oxygen atoms in total. The van der Waals surface area contributed by atoms with Crippen molar-refractivity contribution in [2.24, 2.45) is 5.92 Å². The van der Waals surface area contributed by atoms with E-state index in [0.29, 0.717) is 11.7 Å². The summed E-state index contributed by atoms with van der Waals surface area (Å²) in [6.45, 7) is 1.83. The highest BCUT2D eigenvalue weighted by atomic mass is 16.4. The maximum Gasteiger partial charge on any atom is 0.437 e. The van der Waals surface area contributed by atoms with E-state index in [2.05, 4.69) is 10.4 Å². The second kappa shape index (κ2) is 6.67. The van der Waals surface area contributed by atoms with E-state index in [9.17, 15) is 9.59 Å². The first-order valence-corrected chi connectivity index (χ1v) is 8.58. The zero-order valence-corrected chi connectivity index (χ0v) is 14.3. The fraction of sp³-hybridized carbons (Fsp3) is 0.316. The van der Waals surface area contributed by atoms with Crippen molar-refractivity contribution < 1.29 is 13.6 Å². The van der Waals surface area contributed by atoms with Gasteiger partial charge in [0.15, 0.2) is 5.76 Å². The number of rotatable bonds is 6. The molecule has 3 aromatic rings. The highest BCUT2D eigenvalue weighted by Crippen LogP contribution is 2.41. The fourth-order valence-electron chi connectivity index (χ4n) is 2.94. The van der Waals surface area contributed by atoms with Gasteiger partial charge in [0, 0.05) is 0 Å². The van der Waals surface area contributed by atoms with Crippen LogP contribution < -0.4 is 11.1 Å². The van der Waals surface area contributed by atoms with Crippen molar-refractivity contribution in [1.29, 1.82) is 0 Å². The molecule has 1 unspecified atom stereocenters. The summed E-state index contributed by atoms with van der Waals surface area (Å²) in [5.41, 5.74) is 2.25. The Hall–Kier alpha value is -3.09. The molecule has 134 valence electrons. The molecule has 0 spiro atoms. The summed E-state index contributed by atoms with van der Waals surface area (Å²) in [5, 5.41) is 7.06. The number of aromatic nitrogens is 2. The Balaban J connectivity index is 1.47. The Kier molecular flexibility index (Phi) is 4.20. The van der Waals surface area contributed by atoms with Gasteiger partial charge in [0.25, 0.3) is 5.89 Å². The number of carbonyl (C=O) groups excluding carboxylic acids is 1. The molecule has 1 saturated carbocycles. The molecule has 1 aromatic carbocycles. The van der Waals surface area contributed by atoms with Crippen LogP contribution in [-0.2, 0) is 11.3 Å². The van der Waals surface area contributed by atoms with Crippen LogP contribution in [0.4, 0.5) is 0 Å². The molecule has 1 aliphatic rings. The van der Waals surface area contributed by atoms with Gasteiger partial charge in [0.05, 0.1) is 12.3 Å². The maximum absolute atomic E-state index is 12.5. The van der Waals surface area contributed by atoms with Gasteiger partial charge >= 0.3 is 5.76 Å². The number of nitrogens with one attached hydrogen (secondary N) is 1. The number of hydrogen-bond donors (Lipinski definition) is 1. The van der Waals surface area contributed by atoms with Crippen LogP contribution in [0.3, 0.4) is 0 Å². The molecule has 0 radical (unpaired) electrons. The van der Waals surface area contributed by atoms with Crippen LogP contribution >= 0.6 is 0 Å². The molecular formula is C19H19N3O4. The molecule has 1 fully saturated rings. The third-order valence-corrected chi connectivity index (χ3v) is 4.48. The molecule has 0 saturated heterocycles. The summed E-state index contributed by atoms with van der Waals surface area (Å²) in [6.07, 6.45) is 3.64. The lowest BCUT2D eigenvalue weighted by molar-refractivity contribution is -0.122. The van der Waals surface area contributed by atoms with E-state index >= 15 is 0 Å². The van der Waals surface area contributed by atoms with Crippen molar-refractivity contribution in [3.63, 3.8) is 0 Å². The second-order valence-electron chi connectivity index (χ2n) is 6.60. The molecule has 0 aliphatic heterocycles. The smallest absolute Gasteiger partial charge is 0.437 e. The Bertz CT molecular complexity index is 950. The summed E-state index contributed by atoms with van der Waals surface area (Å²) in [6, 6.07) is 11.4. The lowest BCUT2D eigenvalue weighted by Crippen LogP contribution is -2.35. The molecule has 2 aromatic heterocycles. The third-order valence-electron chi connectivity index (χ3n) is 4.48. The largest absolute Gasteiger partial charge is 0.459 e. The van der Waals surface area contributed by atoms with Gasteiger partial charge in [-0.2, -0.15) is 4.68 Å². The first-order chi connectivity index (χ1) is 12.6. The predicted octanol–water partition coefficient (Wildman–Crippen LogP) is 2.67. The van der Waals surface area contributed by atoms with Gasteiger partial charge in [-0.3, -0.25) is 4.79 Å². The zero-order valence-electron chi connectivity index (χ0n) is 14.3. The number of benzene rings is 1. The van der Waals surface area contributed by atoms with Crippen LogP contribution in [0.5, 0.6) is 0 Å². The topological polar surface area (TPSA) is 90.3 Å². The summed E-state index contributed by atoms with van der Waals surface area (Å²) in [7, 11) is 0. The lowest BCUT2D eigenvalue weighted by atomic mass is 10.0. The molecule has 1 amide bonds. The average molecular weight is 353 g/mol. The summed E-state index contributed by atoms with van der Waals surface area (Å²) >= 11 is 0. The molecule has 1 atom stereocenters. The van der Waals surface area contributed by atoms with Gasteiger partial charge in [0.1, 0.15) is 6.54 Å². The first kappa shape index (κ1) is 16.4. The second-order valence-corrected chi connectivity index (χ2v) is 6.60. The quantitative estimate of drug-likeness (QED) is 0.736. The van der Waals surface area contributed by atoms with Crippen molar-refractivity contribution >= 4 is 5.91 Å². The molecule has 7 heteroatoms. The summed E-state index contributed by atoms with van der Waals surface area (Å²) < 4.78 is 11.2. The number of furan rings is 1. The van der Waals surface area contributed by atoms with Gasteiger partial charge in [-0.1, -0.05) is 29.8 Å². The van der Waals surface area contributed by atoms with E-state index in [1.54, 1.807) is 12.1 Å². The van der Waals surface area contributed by atoms with Crippen LogP contribution in [0.15, 0.2) is 56.3 Å². The van der Waals surface area contributed by atoms with Crippen LogP contribution in [0.2, 0.25) is 0 Å². The van der Waals surface area contributed by atoms with Crippen molar-refractivity contribution in [3.8, 4) is 11.7 Å². The van der Waals surface area contributed by atoms with Crippen molar-refractivity contribution in [3.05, 3.63) is 64.3 Å². The molecule has 2 heterocycles. The zero-order chi connectivity index (χ0) is 18.1. The highest BCUT2D eigenvalue weighted by Gasteiger charge is 2.33. The molecule has 1 aliphatic carbocycles. The standard InChI is InChI=1S/C19H19N3O4/c1-12-4-6-13(7-5-12)17(14-8-9-14)20-16(23)11-22-19(24)26-18(21-22)15-3-2-10-25-15/h2-7,10,14,17H,8-9,11H2,1H3,(H,20,23). The lowest BCUT2D eigenvalue weighted by Gasteiger charge is -2.19. The maximum atomic E-state index is 12.5. The normalized spacial score (nSPS) is 15.0. The Morgan fingerprint density at radius 1 is 1.31 bits per heavy atom. The van der Waals surface area contributed by atoms with E-state index in [-0.39, 0.29) is 24.4 Å². The Morgan fingerprint density at radius 3 is 2.73 bits per heavy atom. The Labute approximate surface area is 149 Å². The van der Waals surface area contributed by atoms with E-state index in [1.807, 2.05) is 31.2 Å². The SMILES string of the molecule is Cc1ccc(C(NC(=O)Cn2nc(-c3ccco3)oc2=O)C2CC2)cc1. The van der Waals surface area contributed by atoms with Crippen LogP contribution in [0.1, 0.15) is 30.0 Å². The molecule has 0 bridgehead atoms. The average Bonchev–Trinajstić information content (AvgIpc) is 3.18. The summed E-state index contributed by atoms with van der Waals surface area (Å²) in [5.74, 6) is -0.120. The number of nitrogens with zero attached hydrogens (tertiary/aromatic N) is 2. The molecule has 26 heavy (non-hydrogen) atoms. The van der Waals surface area contributed by atoms with Crippen LogP contribution in [-0.4, -0.2) is 15.7 Å². The van der Waals surface area contributed by atoms with Crippen molar-refractivity contribution in [2.75, 3.05) is 0 Å². The van der Waals surface area contributed by atoms with Gasteiger partial charge in [-0.15, -0.1) is 5.10 Å². The highest BCUT2D eigenvalue weighted by molar-refractivity contribution is 5.76. The van der Waals surface area contributed by atoms with Gasteiger partial charge in [0.2, 0.25) is 5.91 Å². The van der Waals surface area contributed by atoms with E-state index in [4.69, 9.17) is 8.83 Å². The number of carbonyl (C=O) groups is 1. The minimum Gasteiger partial charge on any atom is -0.459 e. The van der Waals surface area contributed by atoms with Crippen molar-refractivity contribution in [1.82, 2.24) is 15.1 Å². The van der Waals surface area contributed by atoms with Crippen molar-refractivity contribution in [2.45, 2.75) is 32.4 Å². The number of amides is 1. The minimum absolute atomic E-state index is 0.0461. The summed E-state index contributed by atoms with van der Waals surface area (Å²) in [4.78, 5) is 24.4. The van der Waals surface area contributed by atoms with Gasteiger partial charge < -0.3 is 14.2 Å². The van der Waals surface area contributed by atoms with E-state index in [0.717, 1.165) is 23.1 Å². The third kappa shape index (κ3) is 3.46. The van der Waals surface area contributed by atoms with Gasteiger partial charge in [-0.25, -0.2) is 4.79 Å². The van der Waals surface area contributed by atoms with E-state index < -0.39 is 5.76 Å². The number of aryl methyl sites for hydroxylation is 1. The molecule has 4 rings (SSSR count). The molecule has 1 N–H and O–H groups in total. The minimum atomic E-state index is -0.690.